The Bertz CT molecular complexity index is 1560. The van der Waals surface area contributed by atoms with E-state index in [0.717, 1.165) is 24.9 Å². The Morgan fingerprint density at radius 2 is 2.12 bits per heavy atom. The number of piperidine rings is 1. The number of methoxy groups -OCH3 is 1. The topological polar surface area (TPSA) is 116 Å². The summed E-state index contributed by atoms with van der Waals surface area (Å²) in [6, 6.07) is 7.10. The van der Waals surface area contributed by atoms with E-state index in [1.54, 1.807) is 21.5 Å². The number of hydrogen-bond donors (Lipinski definition) is 0. The lowest BCUT2D eigenvalue weighted by atomic mass is 9.93. The fourth-order valence-corrected chi connectivity index (χ4v) is 5.39. The Morgan fingerprint density at radius 1 is 1.27 bits per heavy atom. The quantitative estimate of drug-likeness (QED) is 0.302. The van der Waals surface area contributed by atoms with Crippen LogP contribution in [0.3, 0.4) is 0 Å². The van der Waals surface area contributed by atoms with Gasteiger partial charge in [-0.1, -0.05) is 5.21 Å². The van der Waals surface area contributed by atoms with E-state index < -0.39 is 18.1 Å². The molecule has 0 N–H and O–H groups in total. The Kier molecular flexibility index (Phi) is 7.61. The smallest absolute Gasteiger partial charge is 0.147 e. The molecule has 3 atom stereocenters. The number of likely N-dealkylation sites (tertiary alicyclic amines) is 1. The lowest BCUT2D eigenvalue weighted by molar-refractivity contribution is -0.0865. The number of ether oxygens (including phenoxy) is 3. The van der Waals surface area contributed by atoms with Crippen LogP contribution >= 0.6 is 0 Å². The maximum atomic E-state index is 15.1. The van der Waals surface area contributed by atoms with Crippen molar-refractivity contribution < 1.29 is 23.0 Å². The predicted molar refractivity (Wildman–Crippen MR) is 142 cm³/mol. The molecular formula is C28H30F2N8O3. The fourth-order valence-electron chi connectivity index (χ4n) is 5.39. The Balaban J connectivity index is 1.24. The highest BCUT2D eigenvalue weighted by Crippen LogP contribution is 2.32. The zero-order valence-corrected chi connectivity index (χ0v) is 22.8. The summed E-state index contributed by atoms with van der Waals surface area (Å²) < 4.78 is 48.8. The van der Waals surface area contributed by atoms with Crippen molar-refractivity contribution in [3.05, 3.63) is 59.6 Å². The molecule has 0 unspecified atom stereocenters. The number of halogens is 2. The molecule has 0 aromatic carbocycles. The molecule has 0 spiro atoms. The first-order valence-electron chi connectivity index (χ1n) is 13.5. The zero-order valence-electron chi connectivity index (χ0n) is 22.8. The average molecular weight is 565 g/mol. The van der Waals surface area contributed by atoms with Crippen molar-refractivity contribution in [1.82, 2.24) is 34.5 Å². The van der Waals surface area contributed by atoms with Crippen molar-refractivity contribution in [3.8, 4) is 23.1 Å². The summed E-state index contributed by atoms with van der Waals surface area (Å²) in [5.74, 6) is -0.209. The second-order valence-electron chi connectivity index (χ2n) is 10.4. The third-order valence-corrected chi connectivity index (χ3v) is 7.96. The van der Waals surface area contributed by atoms with Crippen molar-refractivity contribution in [2.45, 2.75) is 38.2 Å². The molecule has 2 aliphatic rings. The minimum atomic E-state index is -0.953. The first-order valence-corrected chi connectivity index (χ1v) is 13.5. The van der Waals surface area contributed by atoms with E-state index in [2.05, 4.69) is 31.4 Å². The fraction of sp³-hybridized carbons (Fsp3) is 0.464. The summed E-state index contributed by atoms with van der Waals surface area (Å²) in [5, 5.41) is 22.8. The predicted octanol–water partition coefficient (Wildman–Crippen LogP) is 3.13. The Labute approximate surface area is 235 Å². The third kappa shape index (κ3) is 5.38. The van der Waals surface area contributed by atoms with Crippen LogP contribution in [0.4, 0.5) is 8.78 Å². The number of rotatable bonds is 9. The van der Waals surface area contributed by atoms with E-state index >= 15 is 4.39 Å². The Morgan fingerprint density at radius 3 is 2.80 bits per heavy atom. The normalized spacial score (nSPS) is 20.6. The van der Waals surface area contributed by atoms with Crippen LogP contribution in [0, 0.1) is 30.0 Å². The molecule has 0 aliphatic carbocycles. The van der Waals surface area contributed by atoms with Gasteiger partial charge in [0.05, 0.1) is 43.0 Å². The maximum Gasteiger partial charge on any atom is 0.147 e. The molecule has 13 heteroatoms. The highest BCUT2D eigenvalue weighted by atomic mass is 19.1. The molecule has 2 fully saturated rings. The number of pyridine rings is 2. The van der Waals surface area contributed by atoms with Gasteiger partial charge in [-0.3, -0.25) is 9.88 Å². The standard InChI is InChI=1S/C28H30F2N8O3/c1-17-27(34-35-37(17)11-18-5-6-36(13-23(18)30)22-14-40-15-22)19-7-25(28-20(8-31)9-33-38(28)12-19)41-16-26(39-2)24-4-3-21(29)10-32-24/h3-4,7,9-10,12,18,22-23,26H,5-6,11,13-16H2,1-2H3/t18-,23-,26-/m0/s1. The van der Waals surface area contributed by atoms with Crippen LogP contribution in [-0.2, 0) is 16.0 Å². The molecule has 6 rings (SSSR count). The molecule has 0 bridgehead atoms. The van der Waals surface area contributed by atoms with Gasteiger partial charge in [-0.15, -0.1) is 5.10 Å². The summed E-state index contributed by atoms with van der Waals surface area (Å²) in [4.78, 5) is 6.28. The van der Waals surface area contributed by atoms with Gasteiger partial charge < -0.3 is 14.2 Å². The molecule has 41 heavy (non-hydrogen) atoms. The second kappa shape index (κ2) is 11.5. The van der Waals surface area contributed by atoms with Crippen molar-refractivity contribution in [1.29, 1.82) is 5.26 Å². The number of aromatic nitrogens is 6. The van der Waals surface area contributed by atoms with Crippen LogP contribution in [-0.4, -0.2) is 86.7 Å². The zero-order chi connectivity index (χ0) is 28.5. The summed E-state index contributed by atoms with van der Waals surface area (Å²) in [6.45, 7) is 5.00. The number of alkyl halides is 1. The molecule has 214 valence electrons. The molecule has 6 heterocycles. The summed E-state index contributed by atoms with van der Waals surface area (Å²) in [7, 11) is 1.51. The largest absolute Gasteiger partial charge is 0.488 e. The molecule has 11 nitrogen and oxygen atoms in total. The molecule has 0 radical (unpaired) electrons. The highest BCUT2D eigenvalue weighted by molar-refractivity contribution is 5.74. The van der Waals surface area contributed by atoms with Crippen LogP contribution in [0.2, 0.25) is 0 Å². The van der Waals surface area contributed by atoms with Gasteiger partial charge in [0.1, 0.15) is 53.3 Å². The van der Waals surface area contributed by atoms with E-state index in [1.165, 1.54) is 25.4 Å². The number of nitriles is 1. The van der Waals surface area contributed by atoms with E-state index in [9.17, 15) is 9.65 Å². The van der Waals surface area contributed by atoms with E-state index in [4.69, 9.17) is 14.2 Å². The second-order valence-corrected chi connectivity index (χ2v) is 10.4. The van der Waals surface area contributed by atoms with Crippen LogP contribution in [0.1, 0.15) is 29.5 Å². The van der Waals surface area contributed by atoms with Gasteiger partial charge in [-0.2, -0.15) is 10.4 Å². The molecule has 0 amide bonds. The maximum absolute atomic E-state index is 15.1. The number of nitrogens with zero attached hydrogens (tertiary/aromatic N) is 8. The number of hydrogen-bond acceptors (Lipinski definition) is 9. The first kappa shape index (κ1) is 27.2. The van der Waals surface area contributed by atoms with Gasteiger partial charge in [0.15, 0.2) is 0 Å². The molecule has 2 aliphatic heterocycles. The molecule has 4 aromatic heterocycles. The van der Waals surface area contributed by atoms with Crippen molar-refractivity contribution in [2.75, 3.05) is 40.0 Å². The molecule has 2 saturated heterocycles. The van der Waals surface area contributed by atoms with Gasteiger partial charge in [0.25, 0.3) is 0 Å². The third-order valence-electron chi connectivity index (χ3n) is 7.96. The van der Waals surface area contributed by atoms with Crippen molar-refractivity contribution in [2.24, 2.45) is 5.92 Å². The molecule has 4 aromatic rings. The van der Waals surface area contributed by atoms with Crippen LogP contribution < -0.4 is 4.74 Å². The molecular weight excluding hydrogens is 534 g/mol. The Hall–Kier alpha value is -3.99. The number of fused-ring (bicyclic) bond motifs is 1. The van der Waals surface area contributed by atoms with E-state index in [-0.39, 0.29) is 12.5 Å². The van der Waals surface area contributed by atoms with Gasteiger partial charge in [0, 0.05) is 37.9 Å². The SMILES string of the molecule is CO[C@@H](COc1cc(-c2nnn(C[C@@H]3CCN(C4COC4)C[C@@H]3F)c2C)cn2ncc(C#N)c12)c1ccc(F)cn1. The van der Waals surface area contributed by atoms with E-state index in [0.29, 0.717) is 66.1 Å². The minimum Gasteiger partial charge on any atom is -0.488 e. The average Bonchev–Trinajstić information content (AvgIpc) is 3.53. The van der Waals surface area contributed by atoms with Gasteiger partial charge in [0.2, 0.25) is 0 Å². The van der Waals surface area contributed by atoms with Crippen LogP contribution in [0.15, 0.2) is 36.8 Å². The van der Waals surface area contributed by atoms with Gasteiger partial charge in [-0.05, 0) is 38.1 Å². The van der Waals surface area contributed by atoms with Gasteiger partial charge in [-0.25, -0.2) is 18.0 Å². The first-order chi connectivity index (χ1) is 19.9. The summed E-state index contributed by atoms with van der Waals surface area (Å²) in [6.07, 6.45) is 3.56. The van der Waals surface area contributed by atoms with Crippen LogP contribution in [0.5, 0.6) is 5.75 Å². The molecule has 0 saturated carbocycles. The highest BCUT2D eigenvalue weighted by Gasteiger charge is 2.36. The summed E-state index contributed by atoms with van der Waals surface area (Å²) in [5.41, 5.74) is 3.41. The minimum absolute atomic E-state index is 0.0551. The van der Waals surface area contributed by atoms with E-state index in [1.807, 2.05) is 6.92 Å². The lowest BCUT2D eigenvalue weighted by Crippen LogP contribution is -2.55. The lowest BCUT2D eigenvalue weighted by Gasteiger charge is -2.42. The van der Waals surface area contributed by atoms with Gasteiger partial charge >= 0.3 is 0 Å². The van der Waals surface area contributed by atoms with Crippen molar-refractivity contribution >= 4 is 5.52 Å². The van der Waals surface area contributed by atoms with Crippen LogP contribution in [0.25, 0.3) is 16.8 Å². The summed E-state index contributed by atoms with van der Waals surface area (Å²) >= 11 is 0. The monoisotopic (exact) mass is 564 g/mol. The van der Waals surface area contributed by atoms with Crippen molar-refractivity contribution in [3.63, 3.8) is 0 Å².